The summed E-state index contributed by atoms with van der Waals surface area (Å²) < 4.78 is 0. The van der Waals surface area contributed by atoms with Gasteiger partial charge in [-0.2, -0.15) is 0 Å². The van der Waals surface area contributed by atoms with E-state index >= 15 is 0 Å². The van der Waals surface area contributed by atoms with Crippen molar-refractivity contribution in [2.75, 3.05) is 0 Å². The molecule has 0 unspecified atom stereocenters. The molecule has 15 heavy (non-hydrogen) atoms. The Hall–Kier alpha value is -1.76. The second-order valence-corrected chi connectivity index (χ2v) is 3.50. The number of fused-ring (bicyclic) bond motifs is 1. The molecular weight excluding hydrogens is 184 g/mol. The molecule has 0 heterocycles. The van der Waals surface area contributed by atoms with Crippen molar-refractivity contribution >= 4 is 10.8 Å². The van der Waals surface area contributed by atoms with Crippen molar-refractivity contribution in [1.82, 2.24) is 0 Å². The van der Waals surface area contributed by atoms with Crippen molar-refractivity contribution in [1.29, 1.82) is 0 Å². The van der Waals surface area contributed by atoms with E-state index in [0.717, 1.165) is 0 Å². The van der Waals surface area contributed by atoms with Gasteiger partial charge < -0.3 is 5.11 Å². The number of allylic oxidation sites excluding steroid dienone is 1. The summed E-state index contributed by atoms with van der Waals surface area (Å²) in [6.07, 6.45) is 0. The van der Waals surface area contributed by atoms with Crippen molar-refractivity contribution in [2.45, 2.75) is 13.8 Å². The zero-order chi connectivity index (χ0) is 11.3. The smallest absolute Gasteiger partial charge is 0.0155 e. The molecule has 0 radical (unpaired) electrons. The van der Waals surface area contributed by atoms with E-state index in [1.54, 1.807) is 0 Å². The quantitative estimate of drug-likeness (QED) is 0.598. The highest BCUT2D eigenvalue weighted by molar-refractivity contribution is 5.85. The van der Waals surface area contributed by atoms with E-state index in [4.69, 9.17) is 0 Å². The Morgan fingerprint density at radius 1 is 1.07 bits per heavy atom. The standard InChI is InChI=1S/C11H10.C3H6O/c1-9-5-4-7-10-6-2-3-8-11(9)10;1-3(2)4/h2-8H,1H3;4H,1H2,2H3/p-1. The topological polar surface area (TPSA) is 23.1 Å². The van der Waals surface area contributed by atoms with Gasteiger partial charge >= 0.3 is 0 Å². The Balaban J connectivity index is 0.000000245. The van der Waals surface area contributed by atoms with Crippen LogP contribution in [0.3, 0.4) is 0 Å². The first-order valence-corrected chi connectivity index (χ1v) is 4.88. The van der Waals surface area contributed by atoms with Crippen molar-refractivity contribution in [3.05, 3.63) is 60.4 Å². The Kier molecular flexibility index (Phi) is 3.92. The molecule has 1 heteroatoms. The van der Waals surface area contributed by atoms with Crippen LogP contribution >= 0.6 is 0 Å². The zero-order valence-corrected chi connectivity index (χ0v) is 9.16. The van der Waals surface area contributed by atoms with Crippen LogP contribution in [0.1, 0.15) is 12.5 Å². The zero-order valence-electron chi connectivity index (χ0n) is 9.16. The summed E-state index contributed by atoms with van der Waals surface area (Å²) in [5.74, 6) is -0.0833. The van der Waals surface area contributed by atoms with Gasteiger partial charge in [0.25, 0.3) is 0 Å². The molecule has 2 aromatic carbocycles. The van der Waals surface area contributed by atoms with Gasteiger partial charge in [0.05, 0.1) is 0 Å². The van der Waals surface area contributed by atoms with Gasteiger partial charge in [0.15, 0.2) is 0 Å². The third-order valence-electron chi connectivity index (χ3n) is 2.01. The Morgan fingerprint density at radius 3 is 2.20 bits per heavy atom. The summed E-state index contributed by atoms with van der Waals surface area (Å²) in [7, 11) is 0. The maximum atomic E-state index is 9.33. The molecule has 0 aliphatic rings. The summed E-state index contributed by atoms with van der Waals surface area (Å²) in [6, 6.07) is 14.8. The minimum absolute atomic E-state index is 0.0833. The molecule has 2 aromatic rings. The van der Waals surface area contributed by atoms with Gasteiger partial charge in [0.2, 0.25) is 0 Å². The van der Waals surface area contributed by atoms with Crippen molar-refractivity contribution < 1.29 is 5.11 Å². The minimum atomic E-state index is -0.0833. The molecule has 0 amide bonds. The maximum Gasteiger partial charge on any atom is -0.0155 e. The van der Waals surface area contributed by atoms with Crippen LogP contribution in [0.5, 0.6) is 0 Å². The lowest BCUT2D eigenvalue weighted by atomic mass is 10.1. The third kappa shape index (κ3) is 3.47. The molecule has 0 fully saturated rings. The molecule has 0 spiro atoms. The molecule has 1 nitrogen and oxygen atoms in total. The first-order valence-electron chi connectivity index (χ1n) is 4.88. The third-order valence-corrected chi connectivity index (χ3v) is 2.01. The summed E-state index contributed by atoms with van der Waals surface area (Å²) in [6.45, 7) is 6.56. The van der Waals surface area contributed by atoms with Gasteiger partial charge in [-0.05, 0) is 23.3 Å². The SMILES string of the molecule is C=C(C)[O-].Cc1cccc2ccccc12. The summed E-state index contributed by atoms with van der Waals surface area (Å²) in [5.41, 5.74) is 1.35. The largest absolute Gasteiger partial charge is 0.876 e. The van der Waals surface area contributed by atoms with E-state index in [-0.39, 0.29) is 5.76 Å². The van der Waals surface area contributed by atoms with E-state index in [9.17, 15) is 5.11 Å². The van der Waals surface area contributed by atoms with Gasteiger partial charge in [-0.1, -0.05) is 49.4 Å². The number of benzene rings is 2. The second-order valence-electron chi connectivity index (χ2n) is 3.50. The van der Waals surface area contributed by atoms with Crippen LogP contribution in [0.25, 0.3) is 10.8 Å². The maximum absolute atomic E-state index is 9.33. The molecule has 2 rings (SSSR count). The molecule has 0 saturated carbocycles. The van der Waals surface area contributed by atoms with Crippen LogP contribution in [0.15, 0.2) is 54.8 Å². The molecule has 0 aliphatic heterocycles. The lowest BCUT2D eigenvalue weighted by molar-refractivity contribution is -0.300. The molecule has 0 aliphatic carbocycles. The number of aryl methyl sites for hydroxylation is 1. The van der Waals surface area contributed by atoms with E-state index in [2.05, 4.69) is 56.0 Å². The molecule has 78 valence electrons. The highest BCUT2D eigenvalue weighted by Crippen LogP contribution is 2.16. The highest BCUT2D eigenvalue weighted by atomic mass is 16.3. The second kappa shape index (κ2) is 5.20. The number of rotatable bonds is 0. The number of hydrogen-bond acceptors (Lipinski definition) is 1. The molecule has 0 N–H and O–H groups in total. The predicted octanol–water partition coefficient (Wildman–Crippen LogP) is 3.03. The van der Waals surface area contributed by atoms with E-state index in [1.807, 2.05) is 0 Å². The fraction of sp³-hybridized carbons (Fsp3) is 0.143. The van der Waals surface area contributed by atoms with Gasteiger partial charge in [0.1, 0.15) is 0 Å². The molecule has 0 atom stereocenters. The molecule has 0 bridgehead atoms. The summed E-state index contributed by atoms with van der Waals surface area (Å²) in [5, 5.41) is 12.0. The van der Waals surface area contributed by atoms with E-state index < -0.39 is 0 Å². The molecular formula is C14H15O-. The van der Waals surface area contributed by atoms with Gasteiger partial charge in [0, 0.05) is 0 Å². The van der Waals surface area contributed by atoms with Gasteiger partial charge in [-0.15, -0.1) is 12.3 Å². The fourth-order valence-corrected chi connectivity index (χ4v) is 1.39. The molecule has 0 saturated heterocycles. The molecule has 0 aromatic heterocycles. The van der Waals surface area contributed by atoms with Gasteiger partial charge in [-0.3, -0.25) is 0 Å². The van der Waals surface area contributed by atoms with Crippen molar-refractivity contribution in [3.63, 3.8) is 0 Å². The predicted molar refractivity (Wildman–Crippen MR) is 63.5 cm³/mol. The number of hydrogen-bond donors (Lipinski definition) is 0. The van der Waals surface area contributed by atoms with Crippen molar-refractivity contribution in [3.8, 4) is 0 Å². The first kappa shape index (κ1) is 11.3. The monoisotopic (exact) mass is 199 g/mol. The summed E-state index contributed by atoms with van der Waals surface area (Å²) >= 11 is 0. The lowest BCUT2D eigenvalue weighted by Gasteiger charge is -1.98. The van der Waals surface area contributed by atoms with Crippen LogP contribution in [-0.2, 0) is 0 Å². The van der Waals surface area contributed by atoms with Crippen LogP contribution < -0.4 is 5.11 Å². The fourth-order valence-electron chi connectivity index (χ4n) is 1.39. The highest BCUT2D eigenvalue weighted by Gasteiger charge is 1.92. The first-order chi connectivity index (χ1) is 7.11. The normalized spacial score (nSPS) is 9.20. The van der Waals surface area contributed by atoms with Crippen LogP contribution in [0.2, 0.25) is 0 Å². The van der Waals surface area contributed by atoms with Crippen molar-refractivity contribution in [2.24, 2.45) is 0 Å². The van der Waals surface area contributed by atoms with Crippen LogP contribution in [0, 0.1) is 6.92 Å². The van der Waals surface area contributed by atoms with Crippen LogP contribution in [0.4, 0.5) is 0 Å². The van der Waals surface area contributed by atoms with Gasteiger partial charge in [-0.25, -0.2) is 0 Å². The lowest BCUT2D eigenvalue weighted by Crippen LogP contribution is -1.92. The van der Waals surface area contributed by atoms with Crippen LogP contribution in [-0.4, -0.2) is 0 Å². The van der Waals surface area contributed by atoms with E-state index in [0.29, 0.717) is 0 Å². The van der Waals surface area contributed by atoms with E-state index in [1.165, 1.54) is 23.3 Å². The average Bonchev–Trinajstić information content (AvgIpc) is 2.18. The Labute approximate surface area is 90.7 Å². The Bertz CT molecular complexity index is 448. The average molecular weight is 199 g/mol. The summed E-state index contributed by atoms with van der Waals surface area (Å²) in [4.78, 5) is 0. The Morgan fingerprint density at radius 2 is 1.60 bits per heavy atom. The minimum Gasteiger partial charge on any atom is -0.876 e.